The van der Waals surface area contributed by atoms with Crippen LogP contribution in [0.3, 0.4) is 0 Å². The van der Waals surface area contributed by atoms with E-state index in [4.69, 9.17) is 15.2 Å². The maximum Gasteiger partial charge on any atom is 0.293 e. The Morgan fingerprint density at radius 3 is 2.71 bits per heavy atom. The summed E-state index contributed by atoms with van der Waals surface area (Å²) in [4.78, 5) is 4.18. The first-order valence-electron chi connectivity index (χ1n) is 7.33. The molecule has 0 radical (unpaired) electrons. The molecule has 6 nitrogen and oxygen atoms in total. The van der Waals surface area contributed by atoms with Crippen molar-refractivity contribution in [1.29, 1.82) is 10.5 Å². The molecule has 0 bridgehead atoms. The molecule has 1 aliphatic carbocycles. The molecule has 0 aromatic heterocycles. The van der Waals surface area contributed by atoms with Crippen LogP contribution in [-0.4, -0.2) is 24.5 Å². The van der Waals surface area contributed by atoms with Gasteiger partial charge >= 0.3 is 0 Å². The molecule has 2 aliphatic heterocycles. The smallest absolute Gasteiger partial charge is 0.293 e. The highest BCUT2D eigenvalue weighted by atomic mass is 79.9. The molecular weight excluding hydrogens is 379 g/mol. The number of amidine groups is 1. The molecule has 2 heterocycles. The Labute approximate surface area is 145 Å². The van der Waals surface area contributed by atoms with E-state index in [2.05, 4.69) is 33.1 Å². The van der Waals surface area contributed by atoms with Crippen molar-refractivity contribution in [3.8, 4) is 12.1 Å². The van der Waals surface area contributed by atoms with Gasteiger partial charge in [0.05, 0.1) is 24.8 Å². The third-order valence-corrected chi connectivity index (χ3v) is 5.57. The zero-order valence-corrected chi connectivity index (χ0v) is 14.2. The van der Waals surface area contributed by atoms with Crippen LogP contribution in [0, 0.1) is 39.3 Å². The third kappa shape index (κ3) is 1.43. The van der Waals surface area contributed by atoms with Gasteiger partial charge in [-0.25, -0.2) is 9.38 Å². The van der Waals surface area contributed by atoms with E-state index in [1.807, 2.05) is 0 Å². The van der Waals surface area contributed by atoms with E-state index >= 15 is 0 Å². The normalized spacial score (nSPS) is 42.3. The number of halogens is 2. The number of rotatable bonds is 1. The number of nitrogens with two attached hydrogens (primary N) is 1. The van der Waals surface area contributed by atoms with Crippen molar-refractivity contribution in [3.63, 3.8) is 0 Å². The van der Waals surface area contributed by atoms with Gasteiger partial charge in [-0.2, -0.15) is 10.5 Å². The number of nitrogens with zero attached hydrogens (tertiary/aromatic N) is 3. The molecule has 0 amide bonds. The molecule has 122 valence electrons. The van der Waals surface area contributed by atoms with Crippen LogP contribution in [0.5, 0.6) is 0 Å². The zero-order chi connectivity index (χ0) is 17.3. The molecule has 5 atom stereocenters. The molecule has 8 heteroatoms. The molecule has 1 saturated heterocycles. The molecule has 1 aromatic rings. The highest BCUT2D eigenvalue weighted by Gasteiger charge is 2.94. The van der Waals surface area contributed by atoms with Crippen molar-refractivity contribution < 1.29 is 13.9 Å². The number of fused-ring (bicyclic) bond motifs is 2. The Kier molecular flexibility index (Phi) is 2.94. The number of nitriles is 2. The van der Waals surface area contributed by atoms with Gasteiger partial charge in [-0.1, -0.05) is 22.0 Å². The van der Waals surface area contributed by atoms with Crippen LogP contribution >= 0.6 is 15.9 Å². The predicted octanol–water partition coefficient (Wildman–Crippen LogP) is 2.17. The fraction of sp³-hybridized carbons (Fsp3) is 0.438. The Morgan fingerprint density at radius 1 is 1.42 bits per heavy atom. The topological polar surface area (TPSA) is 104 Å². The summed E-state index contributed by atoms with van der Waals surface area (Å²) in [5, 5.41) is 19.8. The van der Waals surface area contributed by atoms with E-state index in [-0.39, 0.29) is 24.1 Å². The molecule has 2 N–H and O–H groups in total. The molecule has 3 aliphatic rings. The van der Waals surface area contributed by atoms with E-state index in [0.29, 0.717) is 4.47 Å². The fourth-order valence-electron chi connectivity index (χ4n) is 4.06. The van der Waals surface area contributed by atoms with Crippen molar-refractivity contribution in [2.24, 2.45) is 21.6 Å². The second-order valence-corrected chi connectivity index (χ2v) is 7.17. The Morgan fingerprint density at radius 2 is 2.17 bits per heavy atom. The van der Waals surface area contributed by atoms with Gasteiger partial charge in [-0.3, -0.25) is 0 Å². The van der Waals surface area contributed by atoms with Gasteiger partial charge in [0.2, 0.25) is 0 Å². The van der Waals surface area contributed by atoms with Gasteiger partial charge in [0.15, 0.2) is 5.41 Å². The summed E-state index contributed by atoms with van der Waals surface area (Å²) in [6, 6.07) is 8.72. The monoisotopic (exact) mass is 390 g/mol. The molecule has 24 heavy (non-hydrogen) atoms. The van der Waals surface area contributed by atoms with Gasteiger partial charge in [0.25, 0.3) is 5.91 Å². The summed E-state index contributed by atoms with van der Waals surface area (Å²) in [5.74, 6) is -3.04. The Hall–Kier alpha value is -2.00. The highest BCUT2D eigenvalue weighted by Crippen LogP contribution is 2.82. The van der Waals surface area contributed by atoms with Crippen LogP contribution in [0.1, 0.15) is 18.4 Å². The average Bonchev–Trinajstić information content (AvgIpc) is 2.90. The lowest BCUT2D eigenvalue weighted by atomic mass is 9.94. The minimum absolute atomic E-state index is 0.0482. The van der Waals surface area contributed by atoms with E-state index < -0.39 is 28.5 Å². The highest BCUT2D eigenvalue weighted by molar-refractivity contribution is 9.10. The van der Waals surface area contributed by atoms with Gasteiger partial charge in [-0.05, 0) is 24.6 Å². The molecule has 5 unspecified atom stereocenters. The van der Waals surface area contributed by atoms with Crippen LogP contribution in [0.15, 0.2) is 27.7 Å². The molecule has 4 rings (SSSR count). The zero-order valence-electron chi connectivity index (χ0n) is 12.6. The van der Waals surface area contributed by atoms with Crippen molar-refractivity contribution in [2.75, 3.05) is 6.61 Å². The first kappa shape index (κ1) is 15.5. The summed E-state index contributed by atoms with van der Waals surface area (Å²) < 4.78 is 26.5. The van der Waals surface area contributed by atoms with Gasteiger partial charge < -0.3 is 15.2 Å². The minimum Gasteiger partial charge on any atom is -0.386 e. The number of ether oxygens (including phenoxy) is 2. The largest absolute Gasteiger partial charge is 0.386 e. The maximum absolute atomic E-state index is 14.5. The SMILES string of the molecule is CC1COC2(N=C(N)C3(C#N)C(c4ccc(Br)cc4F)C23C#N)O1. The third-order valence-electron chi connectivity index (χ3n) is 5.08. The lowest BCUT2D eigenvalue weighted by molar-refractivity contribution is -0.193. The van der Waals surface area contributed by atoms with Crippen LogP contribution in [-0.2, 0) is 9.47 Å². The van der Waals surface area contributed by atoms with Crippen molar-refractivity contribution in [2.45, 2.75) is 24.9 Å². The average molecular weight is 391 g/mol. The van der Waals surface area contributed by atoms with Crippen LogP contribution in [0.2, 0.25) is 0 Å². The quantitative estimate of drug-likeness (QED) is 0.790. The summed E-state index contributed by atoms with van der Waals surface area (Å²) in [6.07, 6.45) is -0.308. The van der Waals surface area contributed by atoms with Crippen molar-refractivity contribution in [1.82, 2.24) is 0 Å². The summed E-state index contributed by atoms with van der Waals surface area (Å²) in [7, 11) is 0. The van der Waals surface area contributed by atoms with Gasteiger partial charge in [0, 0.05) is 10.4 Å². The first-order chi connectivity index (χ1) is 11.4. The summed E-state index contributed by atoms with van der Waals surface area (Å²) in [5.41, 5.74) is 3.29. The fourth-order valence-corrected chi connectivity index (χ4v) is 4.40. The molecule has 1 aromatic carbocycles. The second kappa shape index (κ2) is 4.54. The molecule has 1 spiro atoms. The van der Waals surface area contributed by atoms with Crippen LogP contribution in [0.25, 0.3) is 0 Å². The van der Waals surface area contributed by atoms with E-state index in [1.54, 1.807) is 19.1 Å². The summed E-state index contributed by atoms with van der Waals surface area (Å²) >= 11 is 3.20. The number of benzene rings is 1. The number of hydrogen-bond donors (Lipinski definition) is 1. The maximum atomic E-state index is 14.5. The Bertz CT molecular complexity index is 878. The van der Waals surface area contributed by atoms with Crippen molar-refractivity contribution >= 4 is 21.8 Å². The lowest BCUT2D eigenvalue weighted by Crippen LogP contribution is -2.39. The van der Waals surface area contributed by atoms with E-state index in [9.17, 15) is 14.9 Å². The summed E-state index contributed by atoms with van der Waals surface area (Å²) in [6.45, 7) is 1.99. The van der Waals surface area contributed by atoms with Gasteiger partial charge in [-0.15, -0.1) is 0 Å². The molecule has 2 fully saturated rings. The first-order valence-corrected chi connectivity index (χ1v) is 8.13. The minimum atomic E-state index is -1.66. The molecule has 1 saturated carbocycles. The van der Waals surface area contributed by atoms with Crippen LogP contribution in [0.4, 0.5) is 4.39 Å². The molecular formula is C16H12BrFN4O2. The number of aliphatic imine (C=N–C) groups is 1. The van der Waals surface area contributed by atoms with E-state index in [1.165, 1.54) is 6.07 Å². The van der Waals surface area contributed by atoms with Gasteiger partial charge in [0.1, 0.15) is 17.1 Å². The van der Waals surface area contributed by atoms with E-state index in [0.717, 1.165) is 0 Å². The predicted molar refractivity (Wildman–Crippen MR) is 83.8 cm³/mol. The standard InChI is InChI=1S/C16H12BrFN4O2/c1-8-5-23-16(24-8)15(7-20)12(14(15,6-19)13(21)22-16)10-3-2-9(17)4-11(10)18/h2-4,8,12H,5H2,1H3,(H2,21,22). The Balaban J connectivity index is 1.94. The van der Waals surface area contributed by atoms with Crippen LogP contribution < -0.4 is 5.73 Å². The van der Waals surface area contributed by atoms with Crippen molar-refractivity contribution in [3.05, 3.63) is 34.1 Å². The number of hydrogen-bond acceptors (Lipinski definition) is 6. The lowest BCUT2D eigenvalue weighted by Gasteiger charge is -2.26. The second-order valence-electron chi connectivity index (χ2n) is 6.26.